The molecule has 0 saturated heterocycles. The molecule has 0 spiro atoms. The van der Waals surface area contributed by atoms with E-state index in [-0.39, 0.29) is 11.7 Å². The standard InChI is InChI=1S/C18H20Cl2N4O2/c1-2-8-21-17(25)15-14-5-3-4-9-24(14)16(23-15)18(26)22-13-7-6-11(19)10-12(13)20/h6-7,10H,2-5,8-9H2,1H3,(H,21,25)(H,22,26). The van der Waals surface area contributed by atoms with Crippen LogP contribution in [0.5, 0.6) is 0 Å². The SMILES string of the molecule is CCCNC(=O)c1nc(C(=O)Nc2ccc(Cl)cc2Cl)n2c1CCCC2. The molecule has 2 heterocycles. The highest BCUT2D eigenvalue weighted by atomic mass is 35.5. The van der Waals surface area contributed by atoms with E-state index in [0.717, 1.165) is 31.4 Å². The predicted molar refractivity (Wildman–Crippen MR) is 102 cm³/mol. The number of hydrogen-bond acceptors (Lipinski definition) is 3. The van der Waals surface area contributed by atoms with Crippen LogP contribution in [0.15, 0.2) is 18.2 Å². The summed E-state index contributed by atoms with van der Waals surface area (Å²) in [6.07, 6.45) is 3.49. The Bertz CT molecular complexity index is 848. The number of rotatable bonds is 5. The Morgan fingerprint density at radius 3 is 2.77 bits per heavy atom. The molecule has 8 heteroatoms. The van der Waals surface area contributed by atoms with Crippen molar-refractivity contribution in [3.63, 3.8) is 0 Å². The Hall–Kier alpha value is -2.05. The molecule has 3 rings (SSSR count). The first-order valence-electron chi connectivity index (χ1n) is 8.65. The minimum atomic E-state index is -0.396. The summed E-state index contributed by atoms with van der Waals surface area (Å²) >= 11 is 12.0. The summed E-state index contributed by atoms with van der Waals surface area (Å²) in [4.78, 5) is 29.5. The van der Waals surface area contributed by atoms with Crippen LogP contribution in [-0.2, 0) is 13.0 Å². The first-order valence-corrected chi connectivity index (χ1v) is 9.41. The van der Waals surface area contributed by atoms with Crippen LogP contribution in [0.1, 0.15) is 53.0 Å². The summed E-state index contributed by atoms with van der Waals surface area (Å²) < 4.78 is 1.84. The molecular formula is C18H20Cl2N4O2. The van der Waals surface area contributed by atoms with Crippen molar-refractivity contribution in [2.24, 2.45) is 0 Å². The van der Waals surface area contributed by atoms with Crippen molar-refractivity contribution in [3.05, 3.63) is 45.5 Å². The molecule has 0 saturated carbocycles. The number of hydrogen-bond donors (Lipinski definition) is 2. The highest BCUT2D eigenvalue weighted by Gasteiger charge is 2.27. The summed E-state index contributed by atoms with van der Waals surface area (Å²) in [6.45, 7) is 3.23. The van der Waals surface area contributed by atoms with Gasteiger partial charge in [0.1, 0.15) is 5.69 Å². The number of benzene rings is 1. The fourth-order valence-corrected chi connectivity index (χ4v) is 3.45. The lowest BCUT2D eigenvalue weighted by atomic mass is 10.1. The first kappa shape index (κ1) is 18.7. The van der Waals surface area contributed by atoms with Crippen molar-refractivity contribution in [1.29, 1.82) is 0 Å². The minimum absolute atomic E-state index is 0.229. The van der Waals surface area contributed by atoms with Crippen LogP contribution in [0.4, 0.5) is 5.69 Å². The third kappa shape index (κ3) is 3.86. The van der Waals surface area contributed by atoms with E-state index < -0.39 is 5.91 Å². The number of anilines is 1. The highest BCUT2D eigenvalue weighted by Crippen LogP contribution is 2.27. The summed E-state index contributed by atoms with van der Waals surface area (Å²) in [7, 11) is 0. The molecule has 2 aromatic rings. The Kier molecular flexibility index (Phi) is 5.84. The van der Waals surface area contributed by atoms with E-state index in [4.69, 9.17) is 23.2 Å². The number of nitrogens with zero attached hydrogens (tertiary/aromatic N) is 2. The largest absolute Gasteiger partial charge is 0.351 e. The average molecular weight is 395 g/mol. The van der Waals surface area contributed by atoms with E-state index in [1.807, 2.05) is 11.5 Å². The van der Waals surface area contributed by atoms with Gasteiger partial charge in [-0.2, -0.15) is 0 Å². The minimum Gasteiger partial charge on any atom is -0.351 e. The first-order chi connectivity index (χ1) is 12.5. The number of carbonyl (C=O) groups excluding carboxylic acids is 2. The van der Waals surface area contributed by atoms with Crippen LogP contribution in [0.3, 0.4) is 0 Å². The normalized spacial score (nSPS) is 13.2. The van der Waals surface area contributed by atoms with Crippen molar-refractivity contribution in [3.8, 4) is 0 Å². The Morgan fingerprint density at radius 1 is 1.23 bits per heavy atom. The number of carbonyl (C=O) groups is 2. The maximum atomic E-state index is 12.8. The van der Waals surface area contributed by atoms with Crippen LogP contribution < -0.4 is 10.6 Å². The molecule has 6 nitrogen and oxygen atoms in total. The lowest BCUT2D eigenvalue weighted by Crippen LogP contribution is -2.26. The molecular weight excluding hydrogens is 375 g/mol. The molecule has 138 valence electrons. The van der Waals surface area contributed by atoms with Gasteiger partial charge in [-0.3, -0.25) is 9.59 Å². The quantitative estimate of drug-likeness (QED) is 0.806. The smallest absolute Gasteiger partial charge is 0.291 e. The zero-order valence-electron chi connectivity index (χ0n) is 14.4. The third-order valence-electron chi connectivity index (χ3n) is 4.25. The molecule has 0 atom stereocenters. The van der Waals surface area contributed by atoms with Gasteiger partial charge in [0.05, 0.1) is 16.4 Å². The topological polar surface area (TPSA) is 76.0 Å². The van der Waals surface area contributed by atoms with Crippen LogP contribution in [-0.4, -0.2) is 27.9 Å². The van der Waals surface area contributed by atoms with Crippen LogP contribution in [0.25, 0.3) is 0 Å². The second-order valence-electron chi connectivity index (χ2n) is 6.17. The van der Waals surface area contributed by atoms with Gasteiger partial charge in [-0.25, -0.2) is 4.98 Å². The average Bonchev–Trinajstić information content (AvgIpc) is 3.02. The molecule has 0 unspecified atom stereocenters. The maximum Gasteiger partial charge on any atom is 0.291 e. The van der Waals surface area contributed by atoms with Gasteiger partial charge >= 0.3 is 0 Å². The molecule has 0 aliphatic carbocycles. The van der Waals surface area contributed by atoms with Gasteiger partial charge in [-0.15, -0.1) is 0 Å². The number of fused-ring (bicyclic) bond motifs is 1. The van der Waals surface area contributed by atoms with Crippen molar-refractivity contribution >= 4 is 40.7 Å². The molecule has 2 amide bonds. The number of amides is 2. The van der Waals surface area contributed by atoms with Crippen LogP contribution in [0, 0.1) is 0 Å². The Morgan fingerprint density at radius 2 is 2.04 bits per heavy atom. The van der Waals surface area contributed by atoms with E-state index in [0.29, 0.717) is 34.5 Å². The van der Waals surface area contributed by atoms with E-state index in [9.17, 15) is 9.59 Å². The predicted octanol–water partition coefficient (Wildman–Crippen LogP) is 3.92. The molecule has 1 aliphatic rings. The fraction of sp³-hybridized carbons (Fsp3) is 0.389. The highest BCUT2D eigenvalue weighted by molar-refractivity contribution is 6.36. The van der Waals surface area contributed by atoms with Crippen molar-refractivity contribution in [2.75, 3.05) is 11.9 Å². The summed E-state index contributed by atoms with van der Waals surface area (Å²) in [5.41, 5.74) is 1.61. The molecule has 0 radical (unpaired) electrons. The van der Waals surface area contributed by atoms with Gasteiger partial charge in [0, 0.05) is 18.1 Å². The monoisotopic (exact) mass is 394 g/mol. The molecule has 1 aromatic heterocycles. The van der Waals surface area contributed by atoms with Gasteiger partial charge in [0.2, 0.25) is 0 Å². The molecule has 26 heavy (non-hydrogen) atoms. The number of nitrogens with one attached hydrogen (secondary N) is 2. The maximum absolute atomic E-state index is 12.8. The van der Waals surface area contributed by atoms with Crippen molar-refractivity contribution < 1.29 is 9.59 Å². The van der Waals surface area contributed by atoms with Crippen LogP contribution in [0.2, 0.25) is 10.0 Å². The molecule has 0 bridgehead atoms. The summed E-state index contributed by atoms with van der Waals surface area (Å²) in [5.74, 6) is -0.402. The number of halogens is 2. The van der Waals surface area contributed by atoms with Gasteiger partial charge < -0.3 is 15.2 Å². The van der Waals surface area contributed by atoms with Crippen LogP contribution >= 0.6 is 23.2 Å². The van der Waals surface area contributed by atoms with Gasteiger partial charge in [0.25, 0.3) is 11.8 Å². The van der Waals surface area contributed by atoms with E-state index in [2.05, 4.69) is 15.6 Å². The van der Waals surface area contributed by atoms with E-state index >= 15 is 0 Å². The molecule has 0 fully saturated rings. The zero-order chi connectivity index (χ0) is 18.7. The third-order valence-corrected chi connectivity index (χ3v) is 4.80. The Labute approximate surface area is 161 Å². The molecule has 2 N–H and O–H groups in total. The van der Waals surface area contributed by atoms with Crippen molar-refractivity contribution in [2.45, 2.75) is 39.2 Å². The summed E-state index contributed by atoms with van der Waals surface area (Å²) in [6, 6.07) is 4.84. The lowest BCUT2D eigenvalue weighted by Gasteiger charge is -2.17. The Balaban J connectivity index is 1.90. The fourth-order valence-electron chi connectivity index (χ4n) is 2.99. The van der Waals surface area contributed by atoms with Crippen molar-refractivity contribution in [1.82, 2.24) is 14.9 Å². The molecule has 1 aromatic carbocycles. The molecule has 1 aliphatic heterocycles. The van der Waals surface area contributed by atoms with E-state index in [1.165, 1.54) is 0 Å². The van der Waals surface area contributed by atoms with E-state index in [1.54, 1.807) is 18.2 Å². The zero-order valence-corrected chi connectivity index (χ0v) is 16.0. The van der Waals surface area contributed by atoms with Gasteiger partial charge in [0.15, 0.2) is 5.82 Å². The van der Waals surface area contributed by atoms with Gasteiger partial charge in [-0.1, -0.05) is 30.1 Å². The second kappa shape index (κ2) is 8.10. The number of aromatic nitrogens is 2. The second-order valence-corrected chi connectivity index (χ2v) is 7.02. The summed E-state index contributed by atoms with van der Waals surface area (Å²) in [5, 5.41) is 6.42. The van der Waals surface area contributed by atoms with Gasteiger partial charge in [-0.05, 0) is 43.9 Å². The number of imidazole rings is 1. The lowest BCUT2D eigenvalue weighted by molar-refractivity contribution is 0.0947.